The molecule has 24 heavy (non-hydrogen) atoms. The third-order valence-electron chi connectivity index (χ3n) is 3.80. The molecule has 0 spiro atoms. The van der Waals surface area contributed by atoms with E-state index in [4.69, 9.17) is 11.6 Å². The molecule has 2 aromatic rings. The third-order valence-corrected chi connectivity index (χ3v) is 5.02. The molecule has 0 aliphatic carbocycles. The number of amides is 1. The van der Waals surface area contributed by atoms with Crippen LogP contribution in [0.3, 0.4) is 0 Å². The van der Waals surface area contributed by atoms with E-state index in [0.29, 0.717) is 5.02 Å². The standard InChI is InChI=1S/C16H16ClF2N3OS/c1-9-14(10-2-4-11(17)5-3-10)22-13(24-9)7-20-15(23)12-6-16(18,19)8-21-12/h2-5,12,21H,6-8H2,1H3,(H,20,23). The van der Waals surface area contributed by atoms with Crippen molar-refractivity contribution in [3.05, 3.63) is 39.2 Å². The molecule has 1 aliphatic heterocycles. The average Bonchev–Trinajstić information content (AvgIpc) is 3.08. The van der Waals surface area contributed by atoms with Gasteiger partial charge in [-0.05, 0) is 19.1 Å². The van der Waals surface area contributed by atoms with Crippen LogP contribution >= 0.6 is 22.9 Å². The van der Waals surface area contributed by atoms with Crippen molar-refractivity contribution in [2.75, 3.05) is 6.54 Å². The van der Waals surface area contributed by atoms with E-state index in [1.165, 1.54) is 11.3 Å². The molecule has 0 saturated carbocycles. The maximum absolute atomic E-state index is 13.1. The van der Waals surface area contributed by atoms with Crippen molar-refractivity contribution in [1.82, 2.24) is 15.6 Å². The second-order valence-corrected chi connectivity index (χ2v) is 7.45. The van der Waals surface area contributed by atoms with Gasteiger partial charge in [-0.25, -0.2) is 13.8 Å². The highest BCUT2D eigenvalue weighted by Crippen LogP contribution is 2.29. The minimum atomic E-state index is -2.82. The Morgan fingerprint density at radius 2 is 2.17 bits per heavy atom. The summed E-state index contributed by atoms with van der Waals surface area (Å²) in [6, 6.07) is 6.51. The third kappa shape index (κ3) is 3.91. The number of halogens is 3. The summed E-state index contributed by atoms with van der Waals surface area (Å²) in [5.74, 6) is -3.24. The van der Waals surface area contributed by atoms with Gasteiger partial charge in [0, 0.05) is 21.9 Å². The number of thiazole rings is 1. The van der Waals surface area contributed by atoms with Gasteiger partial charge in [-0.1, -0.05) is 23.7 Å². The van der Waals surface area contributed by atoms with Crippen molar-refractivity contribution in [1.29, 1.82) is 0 Å². The number of aryl methyl sites for hydroxylation is 1. The normalized spacial score (nSPS) is 19.4. The lowest BCUT2D eigenvalue weighted by atomic mass is 10.1. The summed E-state index contributed by atoms with van der Waals surface area (Å²) in [6.07, 6.45) is -0.467. The van der Waals surface area contributed by atoms with Gasteiger partial charge in [0.25, 0.3) is 5.92 Å². The number of nitrogens with zero attached hydrogens (tertiary/aromatic N) is 1. The summed E-state index contributed by atoms with van der Waals surface area (Å²) < 4.78 is 26.3. The Morgan fingerprint density at radius 1 is 1.46 bits per heavy atom. The topological polar surface area (TPSA) is 54.0 Å². The first-order chi connectivity index (χ1) is 11.3. The second kappa shape index (κ2) is 6.74. The molecule has 3 rings (SSSR count). The molecule has 4 nitrogen and oxygen atoms in total. The van der Waals surface area contributed by atoms with Crippen LogP contribution in [0.25, 0.3) is 11.3 Å². The molecular weight excluding hydrogens is 356 g/mol. The number of alkyl halides is 2. The van der Waals surface area contributed by atoms with Gasteiger partial charge in [0.05, 0.1) is 24.8 Å². The predicted molar refractivity (Wildman–Crippen MR) is 90.5 cm³/mol. The fourth-order valence-electron chi connectivity index (χ4n) is 2.59. The first-order valence-corrected chi connectivity index (χ1v) is 8.65. The molecule has 1 amide bonds. The van der Waals surface area contributed by atoms with E-state index in [1.54, 1.807) is 12.1 Å². The number of aromatic nitrogens is 1. The maximum Gasteiger partial charge on any atom is 0.262 e. The molecule has 1 aromatic carbocycles. The minimum Gasteiger partial charge on any atom is -0.348 e. The fraction of sp³-hybridized carbons (Fsp3) is 0.375. The van der Waals surface area contributed by atoms with Gasteiger partial charge in [-0.2, -0.15) is 0 Å². The van der Waals surface area contributed by atoms with Crippen molar-refractivity contribution in [3.63, 3.8) is 0 Å². The first kappa shape index (κ1) is 17.3. The van der Waals surface area contributed by atoms with E-state index in [0.717, 1.165) is 21.1 Å². The van der Waals surface area contributed by atoms with E-state index in [9.17, 15) is 13.6 Å². The lowest BCUT2D eigenvalue weighted by molar-refractivity contribution is -0.123. The summed E-state index contributed by atoms with van der Waals surface area (Å²) in [7, 11) is 0. The Labute approximate surface area is 147 Å². The molecule has 1 aliphatic rings. The van der Waals surface area contributed by atoms with Crippen molar-refractivity contribution < 1.29 is 13.6 Å². The number of rotatable bonds is 4. The largest absolute Gasteiger partial charge is 0.348 e. The Kier molecular flexibility index (Phi) is 4.85. The van der Waals surface area contributed by atoms with Crippen LogP contribution in [0.1, 0.15) is 16.3 Å². The molecular formula is C16H16ClF2N3OS. The summed E-state index contributed by atoms with van der Waals surface area (Å²) in [5, 5.41) is 6.60. The van der Waals surface area contributed by atoms with Crippen LogP contribution in [-0.4, -0.2) is 29.4 Å². The highest BCUT2D eigenvalue weighted by molar-refractivity contribution is 7.12. The van der Waals surface area contributed by atoms with Gasteiger partial charge in [-0.3, -0.25) is 10.1 Å². The van der Waals surface area contributed by atoms with E-state index in [-0.39, 0.29) is 6.54 Å². The molecule has 2 heterocycles. The summed E-state index contributed by atoms with van der Waals surface area (Å²) in [6.45, 7) is 1.72. The second-order valence-electron chi connectivity index (χ2n) is 5.73. The molecule has 1 saturated heterocycles. The highest BCUT2D eigenvalue weighted by Gasteiger charge is 2.42. The number of carbonyl (C=O) groups excluding carboxylic acids is 1. The predicted octanol–water partition coefficient (Wildman–Crippen LogP) is 3.39. The summed E-state index contributed by atoms with van der Waals surface area (Å²) >= 11 is 7.36. The van der Waals surface area contributed by atoms with E-state index in [1.807, 2.05) is 19.1 Å². The summed E-state index contributed by atoms with van der Waals surface area (Å²) in [4.78, 5) is 17.5. The van der Waals surface area contributed by atoms with Crippen LogP contribution in [0.5, 0.6) is 0 Å². The Balaban J connectivity index is 1.63. The number of nitrogens with one attached hydrogen (secondary N) is 2. The van der Waals surface area contributed by atoms with Gasteiger partial charge in [0.15, 0.2) is 0 Å². The minimum absolute atomic E-state index is 0.224. The highest BCUT2D eigenvalue weighted by atomic mass is 35.5. The molecule has 128 valence electrons. The quantitative estimate of drug-likeness (QED) is 0.866. The SMILES string of the molecule is Cc1sc(CNC(=O)C2CC(F)(F)CN2)nc1-c1ccc(Cl)cc1. The monoisotopic (exact) mass is 371 g/mol. The molecule has 8 heteroatoms. The Bertz CT molecular complexity index is 748. The van der Waals surface area contributed by atoms with Gasteiger partial charge >= 0.3 is 0 Å². The molecule has 2 N–H and O–H groups in total. The van der Waals surface area contributed by atoms with E-state index < -0.39 is 30.8 Å². The smallest absolute Gasteiger partial charge is 0.262 e. The lowest BCUT2D eigenvalue weighted by Crippen LogP contribution is -2.39. The molecule has 0 radical (unpaired) electrons. The van der Waals surface area contributed by atoms with Gasteiger partial charge in [0.1, 0.15) is 5.01 Å². The molecule has 1 unspecified atom stereocenters. The average molecular weight is 372 g/mol. The maximum atomic E-state index is 13.1. The van der Waals surface area contributed by atoms with Crippen LogP contribution in [0.4, 0.5) is 8.78 Å². The zero-order valence-corrected chi connectivity index (χ0v) is 14.5. The number of carbonyl (C=O) groups is 1. The van der Waals surface area contributed by atoms with Gasteiger partial charge in [-0.15, -0.1) is 11.3 Å². The number of hydrogen-bond donors (Lipinski definition) is 2. The van der Waals surface area contributed by atoms with E-state index in [2.05, 4.69) is 15.6 Å². The Morgan fingerprint density at radius 3 is 2.79 bits per heavy atom. The van der Waals surface area contributed by atoms with Crippen LogP contribution < -0.4 is 10.6 Å². The summed E-state index contributed by atoms with van der Waals surface area (Å²) in [5.41, 5.74) is 1.79. The van der Waals surface area contributed by atoms with Crippen molar-refractivity contribution in [2.45, 2.75) is 31.9 Å². The van der Waals surface area contributed by atoms with Crippen LogP contribution in [0.2, 0.25) is 5.02 Å². The Hall–Kier alpha value is -1.57. The van der Waals surface area contributed by atoms with Crippen LogP contribution in [0, 0.1) is 6.92 Å². The van der Waals surface area contributed by atoms with Gasteiger partial charge in [0.2, 0.25) is 5.91 Å². The van der Waals surface area contributed by atoms with Crippen molar-refractivity contribution in [3.8, 4) is 11.3 Å². The molecule has 0 bridgehead atoms. The van der Waals surface area contributed by atoms with Crippen molar-refractivity contribution >= 4 is 28.8 Å². The molecule has 1 aromatic heterocycles. The van der Waals surface area contributed by atoms with Crippen LogP contribution in [0.15, 0.2) is 24.3 Å². The number of hydrogen-bond acceptors (Lipinski definition) is 4. The van der Waals surface area contributed by atoms with E-state index >= 15 is 0 Å². The van der Waals surface area contributed by atoms with Crippen molar-refractivity contribution in [2.24, 2.45) is 0 Å². The van der Waals surface area contributed by atoms with Crippen LogP contribution in [-0.2, 0) is 11.3 Å². The number of benzene rings is 1. The first-order valence-electron chi connectivity index (χ1n) is 7.45. The fourth-order valence-corrected chi connectivity index (χ4v) is 3.61. The molecule has 1 fully saturated rings. The van der Waals surface area contributed by atoms with Gasteiger partial charge < -0.3 is 5.32 Å². The molecule has 1 atom stereocenters. The zero-order valence-electron chi connectivity index (χ0n) is 12.9. The zero-order chi connectivity index (χ0) is 17.3. The lowest BCUT2D eigenvalue weighted by Gasteiger charge is -2.10.